The number of ether oxygens (including phenoxy) is 3. The van der Waals surface area contributed by atoms with Crippen molar-refractivity contribution in [1.82, 2.24) is 4.98 Å². The lowest BCUT2D eigenvalue weighted by Crippen LogP contribution is -2.23. The smallest absolute Gasteiger partial charge is 0.185 e. The van der Waals surface area contributed by atoms with E-state index in [4.69, 9.17) is 14.2 Å². The van der Waals surface area contributed by atoms with Crippen LogP contribution in [-0.2, 0) is 19.0 Å². The molecule has 2 aromatic rings. The molecule has 2 aliphatic rings. The number of aromatic nitrogens is 1. The van der Waals surface area contributed by atoms with Crippen molar-refractivity contribution in [2.45, 2.75) is 37.2 Å². The van der Waals surface area contributed by atoms with E-state index in [0.29, 0.717) is 23.5 Å². The largest absolute Gasteiger partial charge is 0.497 e. The number of aromatic amines is 1. The Bertz CT molecular complexity index is 1050. The average Bonchev–Trinajstić information content (AvgIpc) is 3.15. The van der Waals surface area contributed by atoms with Crippen LogP contribution in [0.1, 0.15) is 25.7 Å². The summed E-state index contributed by atoms with van der Waals surface area (Å²) >= 11 is 1.68. The number of fused-ring (bicyclic) bond motifs is 1. The van der Waals surface area contributed by atoms with Crippen LogP contribution >= 0.6 is 11.8 Å². The van der Waals surface area contributed by atoms with Gasteiger partial charge in [-0.2, -0.15) is 0 Å². The highest BCUT2D eigenvalue weighted by Crippen LogP contribution is 2.34. The van der Waals surface area contributed by atoms with E-state index >= 15 is 0 Å². The van der Waals surface area contributed by atoms with Crippen LogP contribution in [0.25, 0.3) is 10.9 Å². The van der Waals surface area contributed by atoms with Gasteiger partial charge in [0.1, 0.15) is 11.9 Å². The van der Waals surface area contributed by atoms with E-state index in [-0.39, 0.29) is 11.2 Å². The van der Waals surface area contributed by atoms with Crippen LogP contribution < -0.4 is 5.32 Å². The molecule has 0 bridgehead atoms. The summed E-state index contributed by atoms with van der Waals surface area (Å²) < 4.78 is 16.4. The minimum atomic E-state index is -0.413. The van der Waals surface area contributed by atoms with Gasteiger partial charge in [0.15, 0.2) is 11.5 Å². The van der Waals surface area contributed by atoms with Crippen molar-refractivity contribution in [2.24, 2.45) is 0 Å². The third-order valence-corrected chi connectivity index (χ3v) is 6.81. The number of allylic oxidation sites excluding steroid dienone is 2. The monoisotopic (exact) mass is 440 g/mol. The molecule has 1 aliphatic heterocycles. The van der Waals surface area contributed by atoms with Gasteiger partial charge in [0.2, 0.25) is 0 Å². The lowest BCUT2D eigenvalue weighted by molar-refractivity contribution is -0.112. The first-order chi connectivity index (χ1) is 15.1. The molecule has 0 fully saturated rings. The number of hydrogen-bond acceptors (Lipinski definition) is 6. The highest BCUT2D eigenvalue weighted by atomic mass is 32.2. The van der Waals surface area contributed by atoms with Crippen molar-refractivity contribution >= 4 is 34.1 Å². The second-order valence-electron chi connectivity index (χ2n) is 7.63. The van der Waals surface area contributed by atoms with Crippen molar-refractivity contribution in [1.29, 1.82) is 0 Å². The van der Waals surface area contributed by atoms with Crippen LogP contribution in [0.15, 0.2) is 64.6 Å². The normalized spacial score (nSPS) is 21.9. The number of benzene rings is 1. The molecule has 6 nitrogen and oxygen atoms in total. The zero-order chi connectivity index (χ0) is 21.8. The molecule has 164 valence electrons. The Morgan fingerprint density at radius 3 is 2.81 bits per heavy atom. The van der Waals surface area contributed by atoms with E-state index in [1.807, 2.05) is 17.7 Å². The molecule has 0 saturated heterocycles. The summed E-state index contributed by atoms with van der Waals surface area (Å²) in [6.45, 7) is 0. The maximum atomic E-state index is 13.3. The number of carbonyl (C=O) groups is 1. The van der Waals surface area contributed by atoms with Crippen LogP contribution in [0.2, 0.25) is 0 Å². The van der Waals surface area contributed by atoms with Crippen molar-refractivity contribution in [3.8, 4) is 0 Å². The molecule has 2 atom stereocenters. The Balaban J connectivity index is 1.45. The number of Topliss-reactive ketones (excluding diaryl/α,β-unsaturated/α-hetero) is 1. The molecule has 1 aliphatic carbocycles. The molecule has 1 aromatic heterocycles. The van der Waals surface area contributed by atoms with E-state index in [1.165, 1.54) is 5.39 Å². The topological polar surface area (TPSA) is 72.6 Å². The first kappa shape index (κ1) is 21.6. The number of thioether (sulfide) groups is 1. The summed E-state index contributed by atoms with van der Waals surface area (Å²) in [5, 5.41) is 7.03. The molecular formula is C24H28N2O4S. The SMILES string of the molecule is COC1=C(OC)C(OC)C=C(C(=O)C2=CSC(Nc3ccc4[nH]ccc4c3)CCC2)C1. The maximum Gasteiger partial charge on any atom is 0.185 e. The Morgan fingerprint density at radius 2 is 2.03 bits per heavy atom. The Morgan fingerprint density at radius 1 is 1.16 bits per heavy atom. The lowest BCUT2D eigenvalue weighted by Gasteiger charge is -2.24. The lowest BCUT2D eigenvalue weighted by atomic mass is 9.92. The van der Waals surface area contributed by atoms with E-state index in [0.717, 1.165) is 36.0 Å². The van der Waals surface area contributed by atoms with E-state index in [9.17, 15) is 4.79 Å². The fourth-order valence-corrected chi connectivity index (χ4v) is 5.11. The standard InChI is InChI=1S/C24H28N2O4S/c1-28-20-12-17(13-21(29-2)24(20)30-3)23(27)16-5-4-6-22(31-14-16)26-18-7-8-19-15(11-18)9-10-25-19/h7-12,14,20,22,25-26H,4-6,13H2,1-3H3. The number of methoxy groups -OCH3 is 3. The molecule has 0 amide bonds. The molecular weight excluding hydrogens is 412 g/mol. The van der Waals surface area contributed by atoms with Gasteiger partial charge in [-0.05, 0) is 55.0 Å². The fourth-order valence-electron chi connectivity index (χ4n) is 4.05. The van der Waals surface area contributed by atoms with Gasteiger partial charge in [-0.15, -0.1) is 11.8 Å². The van der Waals surface area contributed by atoms with Gasteiger partial charge < -0.3 is 24.5 Å². The first-order valence-corrected chi connectivity index (χ1v) is 11.3. The van der Waals surface area contributed by atoms with Crippen LogP contribution in [0.3, 0.4) is 0 Å². The molecule has 0 saturated carbocycles. The number of anilines is 1. The van der Waals surface area contributed by atoms with Gasteiger partial charge in [-0.3, -0.25) is 4.79 Å². The summed E-state index contributed by atoms with van der Waals surface area (Å²) in [6, 6.07) is 8.39. The predicted molar refractivity (Wildman–Crippen MR) is 125 cm³/mol. The molecule has 2 N–H and O–H groups in total. The van der Waals surface area contributed by atoms with Crippen LogP contribution in [0, 0.1) is 0 Å². The van der Waals surface area contributed by atoms with Crippen molar-refractivity contribution in [3.05, 3.63) is 64.6 Å². The zero-order valence-electron chi connectivity index (χ0n) is 18.1. The summed E-state index contributed by atoms with van der Waals surface area (Å²) in [4.78, 5) is 16.5. The molecule has 4 rings (SSSR count). The number of rotatable bonds is 7. The Hall–Kier alpha value is -2.64. The molecule has 2 heterocycles. The molecule has 7 heteroatoms. The molecule has 0 radical (unpaired) electrons. The summed E-state index contributed by atoms with van der Waals surface area (Å²) in [5.41, 5.74) is 3.75. The molecule has 31 heavy (non-hydrogen) atoms. The van der Waals surface area contributed by atoms with Gasteiger partial charge in [0, 0.05) is 47.5 Å². The van der Waals surface area contributed by atoms with E-state index in [2.05, 4.69) is 34.6 Å². The Kier molecular flexibility index (Phi) is 6.73. The predicted octanol–water partition coefficient (Wildman–Crippen LogP) is 5.13. The number of carbonyl (C=O) groups excluding carboxylic acids is 1. The van der Waals surface area contributed by atoms with Crippen LogP contribution in [-0.4, -0.2) is 43.6 Å². The maximum absolute atomic E-state index is 13.3. The van der Waals surface area contributed by atoms with Gasteiger partial charge in [0.05, 0.1) is 19.6 Å². The van der Waals surface area contributed by atoms with E-state index < -0.39 is 6.10 Å². The minimum absolute atomic E-state index is 0.0636. The van der Waals surface area contributed by atoms with Crippen molar-refractivity contribution in [2.75, 3.05) is 26.6 Å². The number of hydrogen-bond donors (Lipinski definition) is 2. The molecule has 1 aromatic carbocycles. The zero-order valence-corrected chi connectivity index (χ0v) is 18.9. The van der Waals surface area contributed by atoms with Gasteiger partial charge in [-0.25, -0.2) is 0 Å². The third-order valence-electron chi connectivity index (χ3n) is 5.71. The minimum Gasteiger partial charge on any atom is -0.497 e. The van der Waals surface area contributed by atoms with Gasteiger partial charge in [0.25, 0.3) is 0 Å². The first-order valence-electron chi connectivity index (χ1n) is 10.4. The second-order valence-corrected chi connectivity index (χ2v) is 8.71. The summed E-state index contributed by atoms with van der Waals surface area (Å²) in [7, 11) is 4.78. The molecule has 2 unspecified atom stereocenters. The average molecular weight is 441 g/mol. The molecule has 0 spiro atoms. The fraction of sp³-hybridized carbons (Fsp3) is 0.375. The number of ketones is 1. The van der Waals surface area contributed by atoms with Gasteiger partial charge in [-0.1, -0.05) is 0 Å². The highest BCUT2D eigenvalue weighted by Gasteiger charge is 2.29. The van der Waals surface area contributed by atoms with Gasteiger partial charge >= 0.3 is 0 Å². The Labute approximate surface area is 186 Å². The van der Waals surface area contributed by atoms with Crippen molar-refractivity contribution < 1.29 is 19.0 Å². The second kappa shape index (κ2) is 9.66. The van der Waals surface area contributed by atoms with Crippen LogP contribution in [0.5, 0.6) is 0 Å². The number of H-pyrrole nitrogens is 1. The third kappa shape index (κ3) is 4.67. The summed E-state index contributed by atoms with van der Waals surface area (Å²) in [6.07, 6.45) is 6.50. The highest BCUT2D eigenvalue weighted by molar-refractivity contribution is 8.02. The van der Waals surface area contributed by atoms with Crippen LogP contribution in [0.4, 0.5) is 5.69 Å². The number of nitrogens with one attached hydrogen (secondary N) is 2. The summed E-state index contributed by atoms with van der Waals surface area (Å²) in [5.74, 6) is 1.32. The van der Waals surface area contributed by atoms with Crippen molar-refractivity contribution in [3.63, 3.8) is 0 Å². The van der Waals surface area contributed by atoms with E-state index in [1.54, 1.807) is 33.1 Å². The quantitative estimate of drug-likeness (QED) is 0.622.